The summed E-state index contributed by atoms with van der Waals surface area (Å²) in [5.74, 6) is 0.934. The van der Waals surface area contributed by atoms with Crippen LogP contribution in [0, 0.1) is 0 Å². The van der Waals surface area contributed by atoms with Crippen molar-refractivity contribution in [1.82, 2.24) is 15.2 Å². The summed E-state index contributed by atoms with van der Waals surface area (Å²) >= 11 is 1.35. The van der Waals surface area contributed by atoms with Crippen LogP contribution in [0.2, 0.25) is 0 Å². The number of nitrogens with two attached hydrogens (primary N) is 1. The summed E-state index contributed by atoms with van der Waals surface area (Å²) in [6, 6.07) is 6.17. The van der Waals surface area contributed by atoms with Crippen LogP contribution in [0.3, 0.4) is 0 Å². The van der Waals surface area contributed by atoms with E-state index in [4.69, 9.17) is 14.9 Å². The molecule has 4 aromatic rings. The topological polar surface area (TPSA) is 87.1 Å². The van der Waals surface area contributed by atoms with Gasteiger partial charge in [-0.25, -0.2) is 0 Å². The zero-order chi connectivity index (χ0) is 18.3. The first kappa shape index (κ1) is 16.3. The number of nitrogens with zero attached hydrogens (tertiary/aromatic N) is 3. The molecule has 3 heterocycles. The lowest BCUT2D eigenvalue weighted by atomic mass is 10.2. The molecular formula is C16H9F3N4O2S. The van der Waals surface area contributed by atoms with Gasteiger partial charge in [-0.2, -0.15) is 13.2 Å². The Morgan fingerprint density at radius 1 is 1.08 bits per heavy atom. The smallest absolute Gasteiger partial charge is 0.416 e. The Morgan fingerprint density at radius 2 is 1.85 bits per heavy atom. The van der Waals surface area contributed by atoms with E-state index in [1.165, 1.54) is 29.7 Å². The van der Waals surface area contributed by atoms with Crippen molar-refractivity contribution >= 4 is 27.4 Å². The van der Waals surface area contributed by atoms with Crippen LogP contribution in [0.4, 0.5) is 19.2 Å². The van der Waals surface area contributed by atoms with Gasteiger partial charge in [0, 0.05) is 11.6 Å². The van der Waals surface area contributed by atoms with Gasteiger partial charge in [0.15, 0.2) is 5.75 Å². The summed E-state index contributed by atoms with van der Waals surface area (Å²) in [5.41, 5.74) is 4.69. The van der Waals surface area contributed by atoms with Crippen molar-refractivity contribution < 1.29 is 22.3 Å². The molecule has 1 aromatic carbocycles. The largest absolute Gasteiger partial charge is 0.455 e. The number of nitrogen functional groups attached to an aromatic ring is 1. The summed E-state index contributed by atoms with van der Waals surface area (Å²) in [6.45, 7) is 0. The van der Waals surface area contributed by atoms with E-state index in [2.05, 4.69) is 15.2 Å². The molecule has 0 radical (unpaired) electrons. The van der Waals surface area contributed by atoms with E-state index >= 15 is 0 Å². The Balaban J connectivity index is 1.67. The molecule has 26 heavy (non-hydrogen) atoms. The fourth-order valence-corrected chi connectivity index (χ4v) is 3.26. The standard InChI is InChI=1S/C16H9F3N4O2S/c17-16(18,19)8-1-3-9(4-2-8)24-11-6-21-7-13-10(11)5-12(26-13)14-22-23-15(20)25-14/h1-7H,(H2,20,23). The van der Waals surface area contributed by atoms with Gasteiger partial charge in [0.1, 0.15) is 5.75 Å². The van der Waals surface area contributed by atoms with Crippen LogP contribution in [0.25, 0.3) is 20.9 Å². The van der Waals surface area contributed by atoms with Crippen LogP contribution in [-0.2, 0) is 6.18 Å². The lowest BCUT2D eigenvalue weighted by Gasteiger charge is -2.09. The number of benzene rings is 1. The maximum Gasteiger partial charge on any atom is 0.416 e. The van der Waals surface area contributed by atoms with Gasteiger partial charge in [-0.1, -0.05) is 5.10 Å². The minimum absolute atomic E-state index is 0.0446. The molecule has 0 saturated heterocycles. The molecule has 0 aliphatic rings. The van der Waals surface area contributed by atoms with Crippen LogP contribution in [0.1, 0.15) is 5.56 Å². The maximum atomic E-state index is 12.6. The number of halogens is 3. The van der Waals surface area contributed by atoms with Gasteiger partial charge < -0.3 is 14.9 Å². The van der Waals surface area contributed by atoms with E-state index in [0.29, 0.717) is 10.6 Å². The van der Waals surface area contributed by atoms with Crippen LogP contribution >= 0.6 is 11.3 Å². The van der Waals surface area contributed by atoms with E-state index in [0.717, 1.165) is 22.2 Å². The highest BCUT2D eigenvalue weighted by molar-refractivity contribution is 7.22. The highest BCUT2D eigenvalue weighted by Crippen LogP contribution is 2.39. The average molecular weight is 378 g/mol. The Bertz CT molecular complexity index is 1070. The highest BCUT2D eigenvalue weighted by atomic mass is 32.1. The third-order valence-electron chi connectivity index (χ3n) is 3.47. The number of hydrogen-bond donors (Lipinski definition) is 1. The summed E-state index contributed by atoms with van der Waals surface area (Å²) < 4.78 is 49.6. The van der Waals surface area contributed by atoms with Crippen molar-refractivity contribution in [2.24, 2.45) is 0 Å². The number of ether oxygens (including phenoxy) is 1. The molecule has 6 nitrogen and oxygen atoms in total. The minimum atomic E-state index is -4.39. The van der Waals surface area contributed by atoms with Crippen LogP contribution < -0.4 is 10.5 Å². The Morgan fingerprint density at radius 3 is 2.50 bits per heavy atom. The van der Waals surface area contributed by atoms with Gasteiger partial charge >= 0.3 is 12.2 Å². The third kappa shape index (κ3) is 3.06. The van der Waals surface area contributed by atoms with Crippen molar-refractivity contribution in [1.29, 1.82) is 0 Å². The molecule has 0 spiro atoms. The van der Waals surface area contributed by atoms with E-state index < -0.39 is 11.7 Å². The van der Waals surface area contributed by atoms with Crippen molar-refractivity contribution in [2.75, 3.05) is 5.73 Å². The molecule has 0 aliphatic heterocycles. The second kappa shape index (κ2) is 5.99. The Kier molecular flexibility index (Phi) is 3.76. The number of pyridine rings is 1. The van der Waals surface area contributed by atoms with Gasteiger partial charge in [-0.3, -0.25) is 4.98 Å². The summed E-state index contributed by atoms with van der Waals surface area (Å²) in [5, 5.41) is 8.16. The molecule has 0 unspecified atom stereocenters. The highest BCUT2D eigenvalue weighted by Gasteiger charge is 2.30. The molecular weight excluding hydrogens is 369 g/mol. The van der Waals surface area contributed by atoms with Gasteiger partial charge in [0.2, 0.25) is 0 Å². The maximum absolute atomic E-state index is 12.6. The van der Waals surface area contributed by atoms with Gasteiger partial charge in [-0.05, 0) is 30.3 Å². The van der Waals surface area contributed by atoms with E-state index in [1.54, 1.807) is 12.3 Å². The molecule has 10 heteroatoms. The van der Waals surface area contributed by atoms with E-state index in [1.807, 2.05) is 0 Å². The Labute approximate surface area is 148 Å². The van der Waals surface area contributed by atoms with Crippen LogP contribution in [0.5, 0.6) is 11.5 Å². The van der Waals surface area contributed by atoms with Crippen LogP contribution in [0.15, 0.2) is 47.1 Å². The van der Waals surface area contributed by atoms with Gasteiger partial charge in [-0.15, -0.1) is 16.4 Å². The van der Waals surface area contributed by atoms with Crippen molar-refractivity contribution in [3.8, 4) is 22.3 Å². The zero-order valence-electron chi connectivity index (χ0n) is 12.8. The fraction of sp³-hybridized carbons (Fsp3) is 0.0625. The second-order valence-electron chi connectivity index (χ2n) is 5.23. The monoisotopic (exact) mass is 378 g/mol. The van der Waals surface area contributed by atoms with E-state index in [9.17, 15) is 13.2 Å². The number of rotatable bonds is 3. The lowest BCUT2D eigenvalue weighted by Crippen LogP contribution is -2.03. The molecule has 3 aromatic heterocycles. The quantitative estimate of drug-likeness (QED) is 0.554. The molecule has 0 saturated carbocycles. The predicted octanol–water partition coefficient (Wildman–Crippen LogP) is 4.74. The third-order valence-corrected chi connectivity index (χ3v) is 4.53. The normalized spacial score (nSPS) is 11.8. The summed E-state index contributed by atoms with van der Waals surface area (Å²) in [4.78, 5) is 4.77. The fourth-order valence-electron chi connectivity index (χ4n) is 2.30. The first-order chi connectivity index (χ1) is 12.4. The molecule has 0 fully saturated rings. The first-order valence-electron chi connectivity index (χ1n) is 7.22. The first-order valence-corrected chi connectivity index (χ1v) is 8.04. The molecule has 4 rings (SSSR count). The molecule has 2 N–H and O–H groups in total. The molecule has 0 bridgehead atoms. The molecule has 132 valence electrons. The minimum Gasteiger partial charge on any atom is -0.455 e. The summed E-state index contributed by atoms with van der Waals surface area (Å²) in [7, 11) is 0. The van der Waals surface area contributed by atoms with Gasteiger partial charge in [0.25, 0.3) is 5.89 Å². The number of alkyl halides is 3. The molecule has 0 aliphatic carbocycles. The summed E-state index contributed by atoms with van der Waals surface area (Å²) in [6.07, 6.45) is -1.27. The lowest BCUT2D eigenvalue weighted by molar-refractivity contribution is -0.137. The average Bonchev–Trinajstić information content (AvgIpc) is 3.21. The zero-order valence-corrected chi connectivity index (χ0v) is 13.6. The Hall–Kier alpha value is -3.14. The van der Waals surface area contributed by atoms with Crippen LogP contribution in [-0.4, -0.2) is 15.2 Å². The van der Waals surface area contributed by atoms with Crippen molar-refractivity contribution in [3.63, 3.8) is 0 Å². The molecule has 0 amide bonds. The van der Waals surface area contributed by atoms with Gasteiger partial charge in [0.05, 0.1) is 21.3 Å². The number of aromatic nitrogens is 3. The second-order valence-corrected chi connectivity index (χ2v) is 6.31. The molecule has 0 atom stereocenters. The number of anilines is 1. The predicted molar refractivity (Wildman–Crippen MR) is 88.8 cm³/mol. The van der Waals surface area contributed by atoms with Crippen molar-refractivity contribution in [3.05, 3.63) is 48.3 Å². The number of fused-ring (bicyclic) bond motifs is 1. The number of hydrogen-bond acceptors (Lipinski definition) is 7. The SMILES string of the molecule is Nc1nnc(-c2cc3c(Oc4ccc(C(F)(F)F)cc4)cncc3s2)o1. The number of thiophene rings is 1. The van der Waals surface area contributed by atoms with E-state index in [-0.39, 0.29) is 17.7 Å². The van der Waals surface area contributed by atoms with Crippen molar-refractivity contribution in [2.45, 2.75) is 6.18 Å².